The Hall–Kier alpha value is -13.4. The van der Waals surface area contributed by atoms with Gasteiger partial charge in [-0.1, -0.05) is 152 Å². The van der Waals surface area contributed by atoms with Crippen LogP contribution in [0.25, 0.3) is 0 Å². The number of rotatable bonds is 60. The van der Waals surface area contributed by atoms with Crippen LogP contribution in [0.15, 0.2) is 152 Å². The van der Waals surface area contributed by atoms with Gasteiger partial charge in [-0.15, -0.1) is 0 Å². The number of amides is 11. The maximum atomic E-state index is 15.5. The second-order valence-electron chi connectivity index (χ2n) is 30.4. The summed E-state index contributed by atoms with van der Waals surface area (Å²) in [5.41, 5.74) is 37.0. The summed E-state index contributed by atoms with van der Waals surface area (Å²) in [7, 11) is 0. The molecule has 0 aromatic heterocycles. The molecule has 0 unspecified atom stereocenters. The van der Waals surface area contributed by atoms with Gasteiger partial charge in [0.05, 0.1) is 0 Å². The maximum absolute atomic E-state index is 15.5. The van der Waals surface area contributed by atoms with E-state index in [1.54, 1.807) is 84.9 Å². The highest BCUT2D eigenvalue weighted by atomic mass is 16.2. The van der Waals surface area contributed by atoms with Crippen LogP contribution in [0, 0.1) is 27.0 Å². The average molecular weight is 1720 g/mol. The molecular weight excluding hydrogens is 1590 g/mol. The number of hydrogen-bond donors (Lipinski definition) is 21. The number of carbonyl (C=O) groups is 11. The molecule has 0 bridgehead atoms. The smallest absolute Gasteiger partial charge is 0.245 e. The van der Waals surface area contributed by atoms with Crippen molar-refractivity contribution in [3.8, 4) is 0 Å². The van der Waals surface area contributed by atoms with E-state index in [-0.39, 0.29) is 179 Å². The highest BCUT2D eigenvalue weighted by molar-refractivity contribution is 5.93. The Morgan fingerprint density at radius 1 is 0.266 bits per heavy atom. The van der Waals surface area contributed by atoms with Gasteiger partial charge in [0.15, 0.2) is 29.8 Å². The summed E-state index contributed by atoms with van der Waals surface area (Å²) >= 11 is 0. The van der Waals surface area contributed by atoms with Gasteiger partial charge in [-0.3, -0.25) is 79.8 Å². The predicted molar refractivity (Wildman–Crippen MR) is 476 cm³/mol. The summed E-state index contributed by atoms with van der Waals surface area (Å²) < 4.78 is 0. The largest absolute Gasteiger partial charge is 0.370 e. The topological polar surface area (TPSA) is 600 Å². The summed E-state index contributed by atoms with van der Waals surface area (Å²) in [4.78, 5) is 166. The molecule has 5 atom stereocenters. The minimum atomic E-state index is -1.23. The molecule has 0 heterocycles. The van der Waals surface area contributed by atoms with Crippen LogP contribution in [0.1, 0.15) is 163 Å². The fourth-order valence-electron chi connectivity index (χ4n) is 13.7. The van der Waals surface area contributed by atoms with Gasteiger partial charge >= 0.3 is 0 Å². The lowest BCUT2D eigenvalue weighted by Crippen LogP contribution is -2.52. The fourth-order valence-corrected chi connectivity index (χ4v) is 13.7. The second-order valence-corrected chi connectivity index (χ2v) is 30.4. The fraction of sp³-hybridized carbons (Fsp3) is 0.471. The van der Waals surface area contributed by atoms with Crippen LogP contribution >= 0.6 is 0 Å². The Morgan fingerprint density at radius 3 is 0.613 bits per heavy atom. The number of primary amides is 1. The van der Waals surface area contributed by atoms with Crippen LogP contribution in [0.3, 0.4) is 0 Å². The lowest BCUT2D eigenvalue weighted by atomic mass is 10.1. The molecule has 37 heteroatoms. The van der Waals surface area contributed by atoms with Crippen LogP contribution in [0.2, 0.25) is 0 Å². The van der Waals surface area contributed by atoms with Crippen molar-refractivity contribution in [2.24, 2.45) is 34.4 Å². The zero-order chi connectivity index (χ0) is 90.4. The van der Waals surface area contributed by atoms with Crippen LogP contribution in [0.5, 0.6) is 0 Å². The summed E-state index contributed by atoms with van der Waals surface area (Å²) in [6.07, 6.45) is 3.41. The van der Waals surface area contributed by atoms with Gasteiger partial charge in [0.2, 0.25) is 65.0 Å². The van der Waals surface area contributed by atoms with E-state index >= 15 is 14.4 Å². The van der Waals surface area contributed by atoms with Crippen LogP contribution in [0.4, 0.5) is 0 Å². The molecule has 5 aromatic carbocycles. The molecule has 674 valence electrons. The molecule has 0 fully saturated rings. The average Bonchev–Trinajstić information content (AvgIpc) is 0.856. The normalized spacial score (nSPS) is 12.0. The number of hydrogen-bond acceptors (Lipinski definition) is 16. The van der Waals surface area contributed by atoms with Crippen molar-refractivity contribution in [2.75, 3.05) is 65.4 Å². The number of carbonyl (C=O) groups excluding carboxylic acids is 11. The van der Waals surface area contributed by atoms with E-state index in [1.807, 2.05) is 66.7 Å². The maximum Gasteiger partial charge on any atom is 0.245 e. The van der Waals surface area contributed by atoms with E-state index in [1.165, 1.54) is 31.4 Å². The van der Waals surface area contributed by atoms with E-state index in [2.05, 4.69) is 53.2 Å². The summed E-state index contributed by atoms with van der Waals surface area (Å²) in [5.74, 6) is -7.26. The summed E-state index contributed by atoms with van der Waals surface area (Å²) in [6.45, 7) is 2.16. The van der Waals surface area contributed by atoms with Gasteiger partial charge in [0, 0.05) is 137 Å². The van der Waals surface area contributed by atoms with Crippen molar-refractivity contribution in [1.29, 1.82) is 27.0 Å². The molecule has 27 N–H and O–H groups in total. The first-order valence-electron chi connectivity index (χ1n) is 42.3. The van der Waals surface area contributed by atoms with Gasteiger partial charge < -0.3 is 112 Å². The van der Waals surface area contributed by atoms with Gasteiger partial charge in [-0.05, 0) is 124 Å². The highest BCUT2D eigenvalue weighted by Crippen LogP contribution is 2.20. The van der Waals surface area contributed by atoms with E-state index < -0.39 is 95.2 Å². The first-order valence-corrected chi connectivity index (χ1v) is 42.3. The van der Waals surface area contributed by atoms with Gasteiger partial charge in [-0.25, -0.2) is 0 Å². The summed E-state index contributed by atoms with van der Waals surface area (Å²) in [6, 6.07) is 39.5. The lowest BCUT2D eigenvalue weighted by molar-refractivity contribution is -0.140. The monoisotopic (exact) mass is 1720 g/mol. The number of nitrogens with zero attached hydrogens (tertiary/aromatic N) is 5. The van der Waals surface area contributed by atoms with E-state index in [0.29, 0.717) is 94.0 Å². The van der Waals surface area contributed by atoms with Crippen molar-refractivity contribution in [2.45, 2.75) is 198 Å². The number of benzene rings is 5. The Labute approximate surface area is 726 Å². The van der Waals surface area contributed by atoms with E-state index in [9.17, 15) is 38.4 Å². The molecular formula is C87H130N26O11. The minimum Gasteiger partial charge on any atom is -0.370 e. The molecule has 0 aliphatic carbocycles. The van der Waals surface area contributed by atoms with Crippen LogP contribution < -0.4 is 87.6 Å². The molecule has 0 radical (unpaired) electrons. The van der Waals surface area contributed by atoms with Gasteiger partial charge in [-0.2, -0.15) is 0 Å². The number of nitrogens with two attached hydrogens (primary N) is 6. The van der Waals surface area contributed by atoms with Crippen molar-refractivity contribution in [3.63, 3.8) is 0 Å². The van der Waals surface area contributed by atoms with E-state index in [0.717, 1.165) is 11.1 Å². The predicted octanol–water partition coefficient (Wildman–Crippen LogP) is 2.28. The first kappa shape index (κ1) is 101. The molecule has 0 spiro atoms. The SMILES string of the molecule is CC(=O)N[C@@H](CCCCNC(=N)N)C(=O)N(CCC(=O)N[C@@H](CCCCNC(=N)N)C(=O)N(CCC(=O)N[C@@H](CCCCNC(=N)N)C(=O)N(CCC(=O)N[C@@H](CCCCNC(=N)N)C(=O)N(CCC(=O)N[C@@H](CCCCNC(=N)N)C(=O)N(CCC(N)=O)Cc1ccccc1)Cc1ccccc1)Cc1ccccc1)Cc1ccccc1)Cc1ccccc1. The Morgan fingerprint density at radius 2 is 0.444 bits per heavy atom. The van der Waals surface area contributed by atoms with Crippen LogP contribution in [-0.4, -0.2) is 215 Å². The molecule has 0 saturated heterocycles. The molecule has 0 saturated carbocycles. The zero-order valence-electron chi connectivity index (χ0n) is 71.3. The Kier molecular flexibility index (Phi) is 47.1. The third-order valence-electron chi connectivity index (χ3n) is 20.1. The molecule has 124 heavy (non-hydrogen) atoms. The molecule has 5 aromatic rings. The third kappa shape index (κ3) is 42.7. The molecule has 5 rings (SSSR count). The standard InChI is InChI=1S/C87H130N26O11/c1-62(114)104-68(37-17-22-47-99-83(89)90)78(120)110(58-64-29-9-3-10-30-64)53-43-74(116)106-70(39-19-24-49-101-85(93)94)80(122)112(60-66-33-13-5-14-34-66)55-45-76(118)108-72(41-21-26-51-103-87(97)98)82(124)113(61-67-35-15-6-16-36-67)56-46-77(119)107-71(40-20-25-50-102-86(95)96)81(123)111(59-65-31-11-4-12-32-65)54-44-75(117)105-69(38-18-23-48-100-84(91)92)79(121)109(52-42-73(88)115)57-63-27-7-2-8-28-63/h2-16,27-36,68-72H,17-26,37-61H2,1H3,(H2,88,115)(H,104,114)(H,105,117)(H,106,116)(H,107,119)(H,108,118)(H4,89,90,99)(H4,91,92,100)(H4,93,94,101)(H4,95,96,102)(H4,97,98,103)/t68-,69-,70-,71-,72-/m0/s1. The van der Waals surface area contributed by atoms with Crippen molar-refractivity contribution in [3.05, 3.63) is 179 Å². The Bertz CT molecular complexity index is 4200. The van der Waals surface area contributed by atoms with Crippen molar-refractivity contribution in [1.82, 2.24) is 77.7 Å². The zero-order valence-corrected chi connectivity index (χ0v) is 71.3. The number of guanidine groups is 5. The van der Waals surface area contributed by atoms with Gasteiger partial charge in [0.1, 0.15) is 30.2 Å². The molecule has 37 nitrogen and oxygen atoms in total. The van der Waals surface area contributed by atoms with Gasteiger partial charge in [0.25, 0.3) is 0 Å². The number of nitrogens with one attached hydrogen (secondary N) is 15. The highest BCUT2D eigenvalue weighted by Gasteiger charge is 2.34. The second kappa shape index (κ2) is 57.8. The molecule has 0 aliphatic heterocycles. The quantitative estimate of drug-likeness (QED) is 0.0151. The molecule has 11 amide bonds. The minimum absolute atomic E-state index is 0.00801. The summed E-state index contributed by atoms with van der Waals surface area (Å²) in [5, 5.41) is 66.6. The van der Waals surface area contributed by atoms with E-state index in [4.69, 9.17) is 61.4 Å². The Balaban J connectivity index is 1.44. The first-order chi connectivity index (χ1) is 59.5. The van der Waals surface area contributed by atoms with Crippen molar-refractivity contribution >= 4 is 94.8 Å². The molecule has 0 aliphatic rings. The number of unbranched alkanes of at least 4 members (excludes halogenated alkanes) is 5. The van der Waals surface area contributed by atoms with Crippen molar-refractivity contribution < 1.29 is 52.7 Å². The third-order valence-corrected chi connectivity index (χ3v) is 20.1. The lowest BCUT2D eigenvalue weighted by Gasteiger charge is -2.31. The van der Waals surface area contributed by atoms with Crippen LogP contribution in [-0.2, 0) is 85.5 Å².